The lowest BCUT2D eigenvalue weighted by atomic mass is 10.6. The molecule has 5 heavy (non-hydrogen) atoms. The van der Waals surface area contributed by atoms with Gasteiger partial charge >= 0.3 is 0 Å². The smallest absolute Gasteiger partial charge is 0.103 e. The minimum absolute atomic E-state index is 0.432. The molecule has 0 aliphatic carbocycles. The molecule has 1 heteroatoms. The summed E-state index contributed by atoms with van der Waals surface area (Å²) in [5, 5.41) is 2.92. The van der Waals surface area contributed by atoms with Crippen molar-refractivity contribution < 1.29 is 0 Å². The molecule has 0 aromatic heterocycles. The molecule has 1 rings (SSSR count). The Morgan fingerprint density at radius 2 is 1.80 bits per heavy atom. The van der Waals surface area contributed by atoms with Gasteiger partial charge in [0.05, 0.1) is 0 Å². The molecule has 0 atom stereocenters. The molecule has 0 unspecified atom stereocenters. The maximum absolute atomic E-state index is 2.30. The normalized spacial score (nSPS) is 19.2. The first-order valence-corrected chi connectivity index (χ1v) is 4.15. The van der Waals surface area contributed by atoms with Crippen LogP contribution in [0.5, 0.6) is 0 Å². The molecule has 1 heterocycles. The molecule has 1 aliphatic heterocycles. The van der Waals surface area contributed by atoms with Gasteiger partial charge in [-0.3, -0.25) is 0 Å². The van der Waals surface area contributed by atoms with Crippen LogP contribution < -0.4 is 0 Å². The highest BCUT2D eigenvalue weighted by Gasteiger charge is 1.90. The standard InChI is InChI=1S/C4H6.Al.H/c1-3-4-2;;/h3-4H,1-2H2;;. The topological polar surface area (TPSA) is 0 Å². The first-order chi connectivity index (χ1) is 2.50. The molecule has 0 radical (unpaired) electrons. The molecule has 0 aromatic rings. The van der Waals surface area contributed by atoms with Crippen LogP contribution >= 0.6 is 0 Å². The summed E-state index contributed by atoms with van der Waals surface area (Å²) in [6.07, 6.45) is 4.60. The molecule has 26 valence electrons. The van der Waals surface area contributed by atoms with Crippen LogP contribution in [0, 0.1) is 0 Å². The van der Waals surface area contributed by atoms with E-state index in [1.165, 1.54) is 10.6 Å². The van der Waals surface area contributed by atoms with E-state index in [1.54, 1.807) is 0 Å². The molecule has 0 saturated carbocycles. The summed E-state index contributed by atoms with van der Waals surface area (Å²) in [6, 6.07) is 0. The van der Waals surface area contributed by atoms with Gasteiger partial charge in [-0.2, -0.15) is 0 Å². The maximum Gasteiger partial charge on any atom is 0.246 e. The molecule has 0 bridgehead atoms. The minimum Gasteiger partial charge on any atom is -0.103 e. The Morgan fingerprint density at radius 1 is 1.20 bits per heavy atom. The lowest BCUT2D eigenvalue weighted by Crippen LogP contribution is -1.70. The van der Waals surface area contributed by atoms with Gasteiger partial charge in [-0.05, 0) is 0 Å². The number of hydrogen-bond donors (Lipinski definition) is 0. The Balaban J connectivity index is 2.32. The Bertz CT molecular complexity index is 41.6. The Labute approximate surface area is 38.6 Å². The van der Waals surface area contributed by atoms with E-state index in [-0.39, 0.29) is 0 Å². The molecule has 0 saturated heterocycles. The number of rotatable bonds is 0. The van der Waals surface area contributed by atoms with E-state index in [2.05, 4.69) is 12.2 Å². The lowest BCUT2D eigenvalue weighted by molar-refractivity contribution is 1.75. The van der Waals surface area contributed by atoms with E-state index >= 15 is 0 Å². The van der Waals surface area contributed by atoms with Crippen molar-refractivity contribution in [3.8, 4) is 0 Å². The van der Waals surface area contributed by atoms with E-state index < -0.39 is 0 Å². The van der Waals surface area contributed by atoms with Crippen molar-refractivity contribution in [3.63, 3.8) is 0 Å². The third kappa shape index (κ3) is 0.794. The first-order valence-electron chi connectivity index (χ1n) is 2.15. The second-order valence-electron chi connectivity index (χ2n) is 1.40. The summed E-state index contributed by atoms with van der Waals surface area (Å²) in [4.78, 5) is 0. The van der Waals surface area contributed by atoms with Crippen molar-refractivity contribution in [1.29, 1.82) is 0 Å². The van der Waals surface area contributed by atoms with Crippen LogP contribution in [0.3, 0.4) is 0 Å². The van der Waals surface area contributed by atoms with Crippen LogP contribution in [0.4, 0.5) is 0 Å². The molecule has 0 N–H and O–H groups in total. The van der Waals surface area contributed by atoms with Crippen LogP contribution in [0.25, 0.3) is 0 Å². The second kappa shape index (κ2) is 1.65. The SMILES string of the molecule is C1=C[CH2][AlH][CH2]1. The second-order valence-corrected chi connectivity index (χ2v) is 3.26. The van der Waals surface area contributed by atoms with E-state index in [0.717, 1.165) is 0 Å². The van der Waals surface area contributed by atoms with E-state index in [4.69, 9.17) is 0 Å². The van der Waals surface area contributed by atoms with Crippen molar-refractivity contribution in [1.82, 2.24) is 0 Å². The van der Waals surface area contributed by atoms with Gasteiger partial charge in [0.2, 0.25) is 15.2 Å². The summed E-state index contributed by atoms with van der Waals surface area (Å²) < 4.78 is 0. The highest BCUT2D eigenvalue weighted by atomic mass is 27.1. The summed E-state index contributed by atoms with van der Waals surface area (Å²) in [5.41, 5.74) is 0. The van der Waals surface area contributed by atoms with Gasteiger partial charge in [-0.15, -0.1) is 12.2 Å². The quantitative estimate of drug-likeness (QED) is 0.300. The van der Waals surface area contributed by atoms with Crippen LogP contribution in [-0.2, 0) is 0 Å². The zero-order valence-corrected chi connectivity index (χ0v) is 4.69. The number of hydrogen-bond acceptors (Lipinski definition) is 0. The molecule has 0 nitrogen and oxygen atoms in total. The fourth-order valence-corrected chi connectivity index (χ4v) is 1.77. The predicted octanol–water partition coefficient (Wildman–Crippen LogP) is 0.829. The van der Waals surface area contributed by atoms with Gasteiger partial charge in [-0.1, -0.05) is 10.6 Å². The largest absolute Gasteiger partial charge is 0.246 e. The molecular formula is C4H7Al. The van der Waals surface area contributed by atoms with Crippen LogP contribution in [-0.4, -0.2) is 15.2 Å². The summed E-state index contributed by atoms with van der Waals surface area (Å²) >= 11 is 0.432. The minimum atomic E-state index is 0.432. The molecule has 0 spiro atoms. The Hall–Kier alpha value is 0.272. The van der Waals surface area contributed by atoms with Crippen molar-refractivity contribution >= 4 is 15.2 Å². The third-order valence-corrected chi connectivity index (χ3v) is 2.39. The molecule has 0 aromatic carbocycles. The number of allylic oxidation sites excluding steroid dienone is 2. The molecule has 1 aliphatic rings. The summed E-state index contributed by atoms with van der Waals surface area (Å²) in [7, 11) is 0. The Kier molecular flexibility index (Phi) is 1.14. The fourth-order valence-electron chi connectivity index (χ4n) is 0.589. The average Bonchev–Trinajstić information content (AvgIpc) is 1.76. The first kappa shape index (κ1) is 3.46. The van der Waals surface area contributed by atoms with Gasteiger partial charge in [0.15, 0.2) is 0 Å². The van der Waals surface area contributed by atoms with Gasteiger partial charge in [0.25, 0.3) is 0 Å². The van der Waals surface area contributed by atoms with Crippen molar-refractivity contribution in [3.05, 3.63) is 12.2 Å². The zero-order valence-electron chi connectivity index (χ0n) is 3.28. The third-order valence-electron chi connectivity index (χ3n) is 0.908. The van der Waals surface area contributed by atoms with Crippen molar-refractivity contribution in [2.24, 2.45) is 0 Å². The predicted molar refractivity (Wildman–Crippen MR) is 25.9 cm³/mol. The Morgan fingerprint density at radius 3 is 2.00 bits per heavy atom. The van der Waals surface area contributed by atoms with Crippen LogP contribution in [0.2, 0.25) is 10.6 Å². The van der Waals surface area contributed by atoms with Gasteiger partial charge in [0, 0.05) is 0 Å². The summed E-state index contributed by atoms with van der Waals surface area (Å²) in [5.74, 6) is 0. The van der Waals surface area contributed by atoms with Crippen LogP contribution in [0.1, 0.15) is 0 Å². The van der Waals surface area contributed by atoms with Crippen LogP contribution in [0.15, 0.2) is 12.2 Å². The van der Waals surface area contributed by atoms with E-state index in [1.807, 2.05) is 0 Å². The molecule has 0 fully saturated rings. The highest BCUT2D eigenvalue weighted by Crippen LogP contribution is 1.97. The maximum atomic E-state index is 2.30. The van der Waals surface area contributed by atoms with Gasteiger partial charge < -0.3 is 0 Å². The van der Waals surface area contributed by atoms with Crippen molar-refractivity contribution in [2.75, 3.05) is 0 Å². The summed E-state index contributed by atoms with van der Waals surface area (Å²) in [6.45, 7) is 0. The fraction of sp³-hybridized carbons (Fsp3) is 0.500. The van der Waals surface area contributed by atoms with Gasteiger partial charge in [0.1, 0.15) is 0 Å². The molecular weight excluding hydrogens is 75.0 g/mol. The zero-order chi connectivity index (χ0) is 3.54. The van der Waals surface area contributed by atoms with Gasteiger partial charge in [-0.25, -0.2) is 0 Å². The monoisotopic (exact) mass is 82.0 g/mol. The average molecular weight is 82.1 g/mol. The van der Waals surface area contributed by atoms with E-state index in [9.17, 15) is 0 Å². The lowest BCUT2D eigenvalue weighted by Gasteiger charge is -1.61. The highest BCUT2D eigenvalue weighted by molar-refractivity contribution is 6.38. The van der Waals surface area contributed by atoms with E-state index in [0.29, 0.717) is 15.2 Å². The van der Waals surface area contributed by atoms with Crippen molar-refractivity contribution in [2.45, 2.75) is 10.6 Å². The molecule has 0 amide bonds.